The summed E-state index contributed by atoms with van der Waals surface area (Å²) in [6.07, 6.45) is 4.96. The van der Waals surface area contributed by atoms with Crippen molar-refractivity contribution in [3.63, 3.8) is 0 Å². The van der Waals surface area contributed by atoms with Gasteiger partial charge < -0.3 is 10.2 Å². The maximum Gasteiger partial charge on any atom is 0.244 e. The molecule has 1 aliphatic rings. The van der Waals surface area contributed by atoms with Crippen molar-refractivity contribution in [3.05, 3.63) is 64.1 Å². The van der Waals surface area contributed by atoms with Gasteiger partial charge in [-0.3, -0.25) is 13.9 Å². The van der Waals surface area contributed by atoms with Crippen LogP contribution >= 0.6 is 23.2 Å². The third-order valence-corrected chi connectivity index (χ3v) is 7.88. The number of carbonyl (C=O) groups excluding carboxylic acids is 2. The lowest BCUT2D eigenvalue weighted by molar-refractivity contribution is -0.139. The minimum Gasteiger partial charge on any atom is -0.352 e. The van der Waals surface area contributed by atoms with Crippen LogP contribution < -0.4 is 9.62 Å². The second-order valence-electron chi connectivity index (χ2n) is 8.52. The van der Waals surface area contributed by atoms with E-state index in [0.29, 0.717) is 0 Å². The lowest BCUT2D eigenvalue weighted by Crippen LogP contribution is -2.52. The molecule has 1 N–H and O–H groups in total. The smallest absolute Gasteiger partial charge is 0.244 e. The van der Waals surface area contributed by atoms with E-state index < -0.39 is 28.5 Å². The number of hydrogen-bond acceptors (Lipinski definition) is 4. The van der Waals surface area contributed by atoms with E-state index in [4.69, 9.17) is 23.2 Å². The SMILES string of the molecule is C[C@H](C(=O)NC1CCCC1)N(Cc1ccccc1)C(=O)CN(c1cccc(Cl)c1Cl)S(C)(=O)=O. The number of nitrogens with zero attached hydrogens (tertiary/aromatic N) is 2. The molecule has 1 atom stereocenters. The van der Waals surface area contributed by atoms with Crippen LogP contribution in [-0.4, -0.2) is 50.0 Å². The zero-order valence-electron chi connectivity index (χ0n) is 19.2. The quantitative estimate of drug-likeness (QED) is 0.530. The predicted octanol–water partition coefficient (Wildman–Crippen LogP) is 4.24. The number of carbonyl (C=O) groups is 2. The van der Waals surface area contributed by atoms with Crippen molar-refractivity contribution in [3.8, 4) is 0 Å². The minimum absolute atomic E-state index is 0.0315. The first-order valence-electron chi connectivity index (χ1n) is 11.1. The molecule has 0 spiro atoms. The van der Waals surface area contributed by atoms with Crippen LogP contribution in [0.25, 0.3) is 0 Å². The van der Waals surface area contributed by atoms with Crippen LogP contribution in [0.15, 0.2) is 48.5 Å². The van der Waals surface area contributed by atoms with Crippen LogP contribution in [0.2, 0.25) is 10.0 Å². The Bertz CT molecular complexity index is 1120. The predicted molar refractivity (Wildman–Crippen MR) is 136 cm³/mol. The number of halogens is 2. The molecular weight excluding hydrogens is 497 g/mol. The number of benzene rings is 2. The number of rotatable bonds is 9. The molecule has 0 aliphatic heterocycles. The van der Waals surface area contributed by atoms with Crippen molar-refractivity contribution >= 4 is 50.7 Å². The highest BCUT2D eigenvalue weighted by atomic mass is 35.5. The maximum atomic E-state index is 13.5. The van der Waals surface area contributed by atoms with E-state index >= 15 is 0 Å². The van der Waals surface area contributed by atoms with Gasteiger partial charge in [-0.25, -0.2) is 8.42 Å². The standard InChI is InChI=1S/C24H29Cl2N3O4S/c1-17(24(31)27-19-11-6-7-12-19)28(15-18-9-4-3-5-10-18)22(30)16-29(34(2,32)33)21-14-8-13-20(25)23(21)26/h3-5,8-10,13-14,17,19H,6-7,11-12,15-16H2,1-2H3,(H,27,31)/t17-/m1/s1. The summed E-state index contributed by atoms with van der Waals surface area (Å²) in [4.78, 5) is 27.9. The van der Waals surface area contributed by atoms with Crippen molar-refractivity contribution in [2.24, 2.45) is 0 Å². The van der Waals surface area contributed by atoms with E-state index in [2.05, 4.69) is 5.32 Å². The fourth-order valence-electron chi connectivity index (χ4n) is 4.03. The highest BCUT2D eigenvalue weighted by molar-refractivity contribution is 7.92. The second-order valence-corrected chi connectivity index (χ2v) is 11.2. The second kappa shape index (κ2) is 11.4. The lowest BCUT2D eigenvalue weighted by atomic mass is 10.1. The normalized spacial score (nSPS) is 15.1. The molecule has 7 nitrogen and oxygen atoms in total. The molecule has 0 unspecified atom stereocenters. The van der Waals surface area contributed by atoms with Crippen LogP contribution in [-0.2, 0) is 26.2 Å². The average Bonchev–Trinajstić information content (AvgIpc) is 3.30. The number of nitrogens with one attached hydrogen (secondary N) is 1. The molecular formula is C24H29Cl2N3O4S. The Morgan fingerprint density at radius 3 is 2.32 bits per heavy atom. The Morgan fingerprint density at radius 2 is 1.71 bits per heavy atom. The molecule has 10 heteroatoms. The van der Waals surface area contributed by atoms with Gasteiger partial charge in [-0.1, -0.05) is 72.4 Å². The molecule has 184 valence electrons. The van der Waals surface area contributed by atoms with Gasteiger partial charge in [0.25, 0.3) is 0 Å². The van der Waals surface area contributed by atoms with Gasteiger partial charge in [0.05, 0.1) is 22.0 Å². The number of anilines is 1. The molecule has 0 aromatic heterocycles. The first-order valence-corrected chi connectivity index (χ1v) is 13.7. The summed E-state index contributed by atoms with van der Waals surface area (Å²) in [5.74, 6) is -0.790. The Morgan fingerprint density at radius 1 is 1.06 bits per heavy atom. The molecule has 0 heterocycles. The summed E-state index contributed by atoms with van der Waals surface area (Å²) < 4.78 is 26.2. The zero-order chi connectivity index (χ0) is 24.9. The summed E-state index contributed by atoms with van der Waals surface area (Å²) >= 11 is 12.4. The highest BCUT2D eigenvalue weighted by Crippen LogP contribution is 2.33. The molecule has 1 aliphatic carbocycles. The highest BCUT2D eigenvalue weighted by Gasteiger charge is 2.32. The molecule has 2 aromatic rings. The molecule has 1 saturated carbocycles. The molecule has 3 rings (SSSR count). The topological polar surface area (TPSA) is 86.8 Å². The van der Waals surface area contributed by atoms with Crippen LogP contribution in [0.1, 0.15) is 38.2 Å². The average molecular weight is 526 g/mol. The van der Waals surface area contributed by atoms with Crippen molar-refractivity contribution in [2.75, 3.05) is 17.1 Å². The van der Waals surface area contributed by atoms with E-state index in [1.165, 1.54) is 17.0 Å². The first-order chi connectivity index (χ1) is 16.1. The molecule has 2 amide bonds. The third-order valence-electron chi connectivity index (χ3n) is 5.94. The van der Waals surface area contributed by atoms with E-state index in [1.807, 2.05) is 30.3 Å². The molecule has 0 saturated heterocycles. The van der Waals surface area contributed by atoms with Crippen LogP contribution in [0.3, 0.4) is 0 Å². The third kappa shape index (κ3) is 6.64. The Labute approximate surface area is 211 Å². The van der Waals surface area contributed by atoms with Crippen molar-refractivity contribution < 1.29 is 18.0 Å². The summed E-state index contributed by atoms with van der Waals surface area (Å²) in [6, 6.07) is 13.1. The molecule has 1 fully saturated rings. The maximum absolute atomic E-state index is 13.5. The van der Waals surface area contributed by atoms with Crippen LogP contribution in [0, 0.1) is 0 Å². The Hall–Kier alpha value is -2.29. The van der Waals surface area contributed by atoms with Crippen LogP contribution in [0.5, 0.6) is 0 Å². The van der Waals surface area contributed by atoms with Gasteiger partial charge >= 0.3 is 0 Å². The van der Waals surface area contributed by atoms with E-state index in [1.54, 1.807) is 13.0 Å². The number of hydrogen-bond donors (Lipinski definition) is 1. The minimum atomic E-state index is -3.88. The lowest BCUT2D eigenvalue weighted by Gasteiger charge is -2.32. The van der Waals surface area contributed by atoms with Gasteiger partial charge in [0.2, 0.25) is 21.8 Å². The number of amides is 2. The van der Waals surface area contributed by atoms with Gasteiger partial charge in [-0.05, 0) is 37.5 Å². The monoisotopic (exact) mass is 525 g/mol. The van der Waals surface area contributed by atoms with Crippen molar-refractivity contribution in [2.45, 2.75) is 51.2 Å². The molecule has 0 bridgehead atoms. The number of sulfonamides is 1. The molecule has 0 radical (unpaired) electrons. The molecule has 34 heavy (non-hydrogen) atoms. The summed E-state index contributed by atoms with van der Waals surface area (Å²) in [6.45, 7) is 1.29. The van der Waals surface area contributed by atoms with E-state index in [0.717, 1.165) is 41.8 Å². The zero-order valence-corrected chi connectivity index (χ0v) is 21.5. The van der Waals surface area contributed by atoms with Gasteiger partial charge in [0.1, 0.15) is 12.6 Å². The van der Waals surface area contributed by atoms with Crippen molar-refractivity contribution in [1.29, 1.82) is 0 Å². The van der Waals surface area contributed by atoms with Gasteiger partial charge in [0, 0.05) is 12.6 Å². The Balaban J connectivity index is 1.89. The summed E-state index contributed by atoms with van der Waals surface area (Å²) in [5.41, 5.74) is 0.927. The molecule has 2 aromatic carbocycles. The first kappa shape index (κ1) is 26.3. The van der Waals surface area contributed by atoms with E-state index in [9.17, 15) is 18.0 Å². The van der Waals surface area contributed by atoms with Gasteiger partial charge in [0.15, 0.2) is 0 Å². The summed E-state index contributed by atoms with van der Waals surface area (Å²) in [7, 11) is -3.88. The van der Waals surface area contributed by atoms with Crippen LogP contribution in [0.4, 0.5) is 5.69 Å². The largest absolute Gasteiger partial charge is 0.352 e. The van der Waals surface area contributed by atoms with E-state index in [-0.39, 0.29) is 34.2 Å². The fraction of sp³-hybridized carbons (Fsp3) is 0.417. The fourth-order valence-corrected chi connectivity index (χ4v) is 5.34. The summed E-state index contributed by atoms with van der Waals surface area (Å²) in [5, 5.41) is 3.23. The Kier molecular flexibility index (Phi) is 8.84. The van der Waals surface area contributed by atoms with Gasteiger partial charge in [-0.15, -0.1) is 0 Å². The van der Waals surface area contributed by atoms with Gasteiger partial charge in [-0.2, -0.15) is 0 Å². The van der Waals surface area contributed by atoms with Crippen molar-refractivity contribution in [1.82, 2.24) is 10.2 Å².